The van der Waals surface area contributed by atoms with Crippen LogP contribution >= 0.6 is 0 Å². The van der Waals surface area contributed by atoms with E-state index in [2.05, 4.69) is 45.8 Å². The minimum Gasteiger partial charge on any atom is -0.377 e. The van der Waals surface area contributed by atoms with Crippen LogP contribution in [0.15, 0.2) is 115 Å². The van der Waals surface area contributed by atoms with Crippen LogP contribution < -0.4 is 15.5 Å². The molecule has 3 aromatic heterocycles. The zero-order chi connectivity index (χ0) is 38.9. The number of piperazine rings is 1. The van der Waals surface area contributed by atoms with E-state index in [0.717, 1.165) is 78.1 Å². The molecule has 0 saturated carbocycles. The van der Waals surface area contributed by atoms with Gasteiger partial charge in [0, 0.05) is 73.3 Å². The zero-order valence-corrected chi connectivity index (χ0v) is 30.7. The first-order chi connectivity index (χ1) is 26.4. The van der Waals surface area contributed by atoms with Crippen molar-refractivity contribution in [1.29, 1.82) is 0 Å². The molecule has 4 heterocycles. The molecule has 1 saturated heterocycles. The van der Waals surface area contributed by atoms with Crippen molar-refractivity contribution in [3.05, 3.63) is 143 Å². The Hall–Kier alpha value is -5.76. The molecule has 55 heavy (non-hydrogen) atoms. The van der Waals surface area contributed by atoms with Crippen molar-refractivity contribution in [3.8, 4) is 16.8 Å². The lowest BCUT2D eigenvalue weighted by Crippen LogP contribution is -2.48. The predicted octanol–water partition coefficient (Wildman–Crippen LogP) is 7.18. The molecule has 7 rings (SSSR count). The molecule has 14 heteroatoms. The van der Waals surface area contributed by atoms with Gasteiger partial charge in [0.05, 0.1) is 18.3 Å². The summed E-state index contributed by atoms with van der Waals surface area (Å²) >= 11 is 0. The summed E-state index contributed by atoms with van der Waals surface area (Å²) in [5.41, 5.74) is -0.674. The van der Waals surface area contributed by atoms with Gasteiger partial charge in [0.15, 0.2) is 5.60 Å². The van der Waals surface area contributed by atoms with Gasteiger partial charge >= 0.3 is 11.6 Å². The van der Waals surface area contributed by atoms with Gasteiger partial charge in [-0.25, -0.2) is 22.8 Å². The summed E-state index contributed by atoms with van der Waals surface area (Å²) in [4.78, 5) is 21.7. The van der Waals surface area contributed by atoms with Crippen molar-refractivity contribution in [2.45, 2.75) is 51.3 Å². The molecule has 3 aromatic carbocycles. The van der Waals surface area contributed by atoms with Crippen molar-refractivity contribution in [2.24, 2.45) is 5.92 Å². The Morgan fingerprint density at radius 1 is 0.818 bits per heavy atom. The van der Waals surface area contributed by atoms with Gasteiger partial charge in [0.1, 0.15) is 23.7 Å². The number of alkyl halides is 2. The minimum atomic E-state index is -4.10. The van der Waals surface area contributed by atoms with Crippen LogP contribution in [-0.2, 0) is 18.1 Å². The fourth-order valence-corrected chi connectivity index (χ4v) is 7.33. The molecule has 1 fully saturated rings. The summed E-state index contributed by atoms with van der Waals surface area (Å²) in [5.74, 6) is -6.08. The summed E-state index contributed by atoms with van der Waals surface area (Å²) in [5, 5.41) is 19.8. The SMILES string of the molecule is CC[C@@H](C(C)C)n1ncn(-c2ccc(N3CCN(c4ccc(-c5ccc(C(F)(F)C(O)(Cn6cccn6)c6ccc(F)cc6F)nc5)cc4)CC3)cc2)c1=O. The van der Waals surface area contributed by atoms with E-state index in [1.807, 2.05) is 48.5 Å². The smallest absolute Gasteiger partial charge is 0.350 e. The fraction of sp³-hybridized carbons (Fsp3) is 0.317. The maximum absolute atomic E-state index is 16.2. The number of anilines is 2. The van der Waals surface area contributed by atoms with E-state index in [1.54, 1.807) is 15.6 Å². The molecule has 1 unspecified atom stereocenters. The Morgan fingerprint density at radius 3 is 1.98 bits per heavy atom. The van der Waals surface area contributed by atoms with Crippen LogP contribution in [-0.4, -0.2) is 60.4 Å². The minimum absolute atomic E-state index is 0.0448. The predicted molar refractivity (Wildman–Crippen MR) is 202 cm³/mol. The Balaban J connectivity index is 1.00. The lowest BCUT2D eigenvalue weighted by molar-refractivity contribution is -0.207. The van der Waals surface area contributed by atoms with E-state index in [0.29, 0.717) is 17.5 Å². The van der Waals surface area contributed by atoms with Crippen LogP contribution in [0.2, 0.25) is 0 Å². The molecule has 0 aliphatic carbocycles. The van der Waals surface area contributed by atoms with Crippen LogP contribution in [0, 0.1) is 17.6 Å². The number of rotatable bonds is 12. The Morgan fingerprint density at radius 2 is 1.44 bits per heavy atom. The monoisotopic (exact) mass is 754 g/mol. The molecule has 0 spiro atoms. The molecule has 0 bridgehead atoms. The Kier molecular flexibility index (Phi) is 10.4. The highest BCUT2D eigenvalue weighted by molar-refractivity contribution is 5.66. The van der Waals surface area contributed by atoms with Crippen LogP contribution in [0.25, 0.3) is 16.8 Å². The van der Waals surface area contributed by atoms with E-state index in [9.17, 15) is 18.7 Å². The highest BCUT2D eigenvalue weighted by atomic mass is 19.3. The maximum atomic E-state index is 16.2. The zero-order valence-electron chi connectivity index (χ0n) is 30.7. The largest absolute Gasteiger partial charge is 0.377 e. The maximum Gasteiger partial charge on any atom is 0.350 e. The van der Waals surface area contributed by atoms with Crippen LogP contribution in [0.1, 0.15) is 44.5 Å². The quantitative estimate of drug-likeness (QED) is 0.132. The second kappa shape index (κ2) is 15.2. The topological polar surface area (TPSA) is 97.2 Å². The van der Waals surface area contributed by atoms with Crippen LogP contribution in [0.3, 0.4) is 0 Å². The van der Waals surface area contributed by atoms with Crippen molar-refractivity contribution in [3.63, 3.8) is 0 Å². The van der Waals surface area contributed by atoms with Crippen molar-refractivity contribution in [1.82, 2.24) is 29.1 Å². The lowest BCUT2D eigenvalue weighted by Gasteiger charge is -2.37. The summed E-state index contributed by atoms with van der Waals surface area (Å²) in [7, 11) is 0. The van der Waals surface area contributed by atoms with Crippen molar-refractivity contribution in [2.75, 3.05) is 36.0 Å². The van der Waals surface area contributed by atoms with E-state index >= 15 is 8.78 Å². The summed E-state index contributed by atoms with van der Waals surface area (Å²) < 4.78 is 65.2. The van der Waals surface area contributed by atoms with Crippen molar-refractivity contribution < 1.29 is 22.7 Å². The molecule has 1 aliphatic rings. The summed E-state index contributed by atoms with van der Waals surface area (Å²) in [6, 6.07) is 21.9. The number of hydrogen-bond donors (Lipinski definition) is 1. The van der Waals surface area contributed by atoms with Gasteiger partial charge in [-0.15, -0.1) is 0 Å². The van der Waals surface area contributed by atoms with E-state index in [-0.39, 0.29) is 11.7 Å². The van der Waals surface area contributed by atoms with Gasteiger partial charge in [-0.3, -0.25) is 9.67 Å². The van der Waals surface area contributed by atoms with Gasteiger partial charge in [0.25, 0.3) is 0 Å². The highest BCUT2D eigenvalue weighted by Gasteiger charge is 2.57. The number of halogens is 4. The average Bonchev–Trinajstić information content (AvgIpc) is 3.84. The summed E-state index contributed by atoms with van der Waals surface area (Å²) in [6.07, 6.45) is 6.40. The van der Waals surface area contributed by atoms with E-state index in [4.69, 9.17) is 0 Å². The second-order valence-corrected chi connectivity index (χ2v) is 14.2. The first-order valence-electron chi connectivity index (χ1n) is 18.3. The van der Waals surface area contributed by atoms with Gasteiger partial charge in [-0.2, -0.15) is 19.0 Å². The third-order valence-electron chi connectivity index (χ3n) is 10.5. The number of aromatic nitrogens is 6. The molecule has 2 atom stereocenters. The molecular formula is C41H42F4N8O2. The van der Waals surface area contributed by atoms with Gasteiger partial charge in [0.2, 0.25) is 0 Å². The molecule has 6 aromatic rings. The second-order valence-electron chi connectivity index (χ2n) is 14.2. The number of benzene rings is 3. The Labute approximate surface area is 315 Å². The first kappa shape index (κ1) is 37.6. The van der Waals surface area contributed by atoms with Crippen LogP contribution in [0.4, 0.5) is 28.9 Å². The average molecular weight is 755 g/mol. The third-order valence-corrected chi connectivity index (χ3v) is 10.5. The molecule has 0 amide bonds. The van der Waals surface area contributed by atoms with E-state index < -0.39 is 41.0 Å². The molecule has 10 nitrogen and oxygen atoms in total. The number of nitrogens with zero attached hydrogens (tertiary/aromatic N) is 8. The molecule has 0 radical (unpaired) electrons. The first-order valence-corrected chi connectivity index (χ1v) is 18.3. The van der Waals surface area contributed by atoms with Gasteiger partial charge in [-0.05, 0) is 78.6 Å². The Bertz CT molecular complexity index is 2270. The number of aliphatic hydroxyl groups is 1. The van der Waals surface area contributed by atoms with Crippen molar-refractivity contribution >= 4 is 11.4 Å². The fourth-order valence-electron chi connectivity index (χ4n) is 7.33. The number of hydrogen-bond acceptors (Lipinski definition) is 7. The van der Waals surface area contributed by atoms with E-state index in [1.165, 1.54) is 30.7 Å². The normalized spacial score (nSPS) is 15.4. The molecular weight excluding hydrogens is 712 g/mol. The third kappa shape index (κ3) is 7.25. The standard InChI is InChI=1S/C41H42F4N8O2/c1-4-37(28(2)3)53-39(54)52(27-48-53)34-14-12-33(13-15-34)50-22-20-49(21-23-50)32-10-6-29(7-11-32)30-8-17-38(46-25-30)41(44,45)40(55,26-51-19-5-18-47-51)35-16-9-31(42)24-36(35)43/h5-19,24-25,27-28,37,55H,4,20-23,26H2,1-3H3/t37-,40?/m0/s1. The highest BCUT2D eigenvalue weighted by Crippen LogP contribution is 2.47. The van der Waals surface area contributed by atoms with Gasteiger partial charge < -0.3 is 14.9 Å². The molecule has 1 N–H and O–H groups in total. The van der Waals surface area contributed by atoms with Gasteiger partial charge in [-0.1, -0.05) is 39.0 Å². The molecule has 286 valence electrons. The molecule has 1 aliphatic heterocycles. The lowest BCUT2D eigenvalue weighted by atomic mass is 9.84. The van der Waals surface area contributed by atoms with Crippen LogP contribution in [0.5, 0.6) is 0 Å². The summed E-state index contributed by atoms with van der Waals surface area (Å²) in [6.45, 7) is 8.58. The number of pyridine rings is 1.